The van der Waals surface area contributed by atoms with Crippen molar-refractivity contribution in [3.8, 4) is 0 Å². The molecular weight excluding hydrogens is 294 g/mol. The number of aromatic nitrogens is 3. The zero-order chi connectivity index (χ0) is 13.0. The minimum absolute atomic E-state index is 0.581. The van der Waals surface area contributed by atoms with Crippen molar-refractivity contribution >= 4 is 27.7 Å². The number of aryl methyl sites for hydroxylation is 1. The number of nitrogens with zero attached hydrogens (tertiary/aromatic N) is 3. The van der Waals surface area contributed by atoms with Gasteiger partial charge in [0.25, 0.3) is 0 Å². The van der Waals surface area contributed by atoms with Gasteiger partial charge in [-0.15, -0.1) is 0 Å². The molecule has 2 aromatic rings. The minimum atomic E-state index is 0.581. The van der Waals surface area contributed by atoms with Crippen LogP contribution >= 0.6 is 15.9 Å². The van der Waals surface area contributed by atoms with E-state index in [9.17, 15) is 0 Å². The molecule has 0 fully saturated rings. The zero-order valence-electron chi connectivity index (χ0n) is 10.2. The molecule has 5 nitrogen and oxygen atoms in total. The maximum atomic E-state index is 4.42. The molecule has 0 aliphatic carbocycles. The Morgan fingerprint density at radius 2 is 2.11 bits per heavy atom. The third-order valence-electron chi connectivity index (χ3n) is 2.35. The first-order chi connectivity index (χ1) is 8.69. The second-order valence-electron chi connectivity index (χ2n) is 3.76. The van der Waals surface area contributed by atoms with Gasteiger partial charge in [0, 0.05) is 18.9 Å². The van der Waals surface area contributed by atoms with E-state index >= 15 is 0 Å². The number of halogens is 1. The second kappa shape index (κ2) is 5.77. The lowest BCUT2D eigenvalue weighted by Crippen LogP contribution is -2.06. The van der Waals surface area contributed by atoms with Crippen molar-refractivity contribution in [3.63, 3.8) is 0 Å². The topological polar surface area (TPSA) is 62.7 Å². The van der Waals surface area contributed by atoms with Crippen LogP contribution in [-0.4, -0.2) is 22.0 Å². The molecule has 2 N–H and O–H groups in total. The normalized spacial score (nSPS) is 10.2. The van der Waals surface area contributed by atoms with Gasteiger partial charge in [-0.25, -0.2) is 4.98 Å². The molecule has 94 valence electrons. The minimum Gasteiger partial charge on any atom is -0.363 e. The van der Waals surface area contributed by atoms with Crippen LogP contribution in [0.15, 0.2) is 28.9 Å². The Labute approximate surface area is 114 Å². The molecule has 0 radical (unpaired) electrons. The number of hydrogen-bond acceptors (Lipinski definition) is 5. The van der Waals surface area contributed by atoms with Crippen molar-refractivity contribution in [1.82, 2.24) is 15.0 Å². The first-order valence-corrected chi connectivity index (χ1v) is 6.35. The van der Waals surface area contributed by atoms with Crippen LogP contribution in [0, 0.1) is 6.92 Å². The summed E-state index contributed by atoms with van der Waals surface area (Å²) >= 11 is 3.41. The quantitative estimate of drug-likeness (QED) is 0.909. The standard InChI is InChI=1S/C12H14BrN5/c1-8-4-3-5-9(17-8)6-15-11-10(13)7-16-12(14-2)18-11/h3-5,7H,6H2,1-2H3,(H2,14,15,16,18). The molecule has 0 saturated carbocycles. The predicted molar refractivity (Wildman–Crippen MR) is 75.6 cm³/mol. The monoisotopic (exact) mass is 307 g/mol. The largest absolute Gasteiger partial charge is 0.363 e. The SMILES string of the molecule is CNc1ncc(Br)c(NCc2cccc(C)n2)n1. The van der Waals surface area contributed by atoms with Crippen molar-refractivity contribution < 1.29 is 0 Å². The molecule has 6 heteroatoms. The smallest absolute Gasteiger partial charge is 0.224 e. The van der Waals surface area contributed by atoms with E-state index in [0.29, 0.717) is 12.5 Å². The summed E-state index contributed by atoms with van der Waals surface area (Å²) in [6.07, 6.45) is 1.71. The van der Waals surface area contributed by atoms with Crippen LogP contribution in [0.25, 0.3) is 0 Å². The first-order valence-electron chi connectivity index (χ1n) is 5.56. The molecule has 0 aromatic carbocycles. The van der Waals surface area contributed by atoms with Gasteiger partial charge in [-0.05, 0) is 35.0 Å². The molecule has 0 aliphatic rings. The second-order valence-corrected chi connectivity index (χ2v) is 4.62. The number of nitrogens with one attached hydrogen (secondary N) is 2. The van der Waals surface area contributed by atoms with Crippen molar-refractivity contribution in [1.29, 1.82) is 0 Å². The fourth-order valence-corrected chi connectivity index (χ4v) is 1.82. The lowest BCUT2D eigenvalue weighted by Gasteiger charge is -2.08. The summed E-state index contributed by atoms with van der Waals surface area (Å²) in [4.78, 5) is 12.8. The molecule has 0 unspecified atom stereocenters. The van der Waals surface area contributed by atoms with Gasteiger partial charge in [-0.3, -0.25) is 4.98 Å². The van der Waals surface area contributed by atoms with Gasteiger partial charge in [0.15, 0.2) is 0 Å². The average molecular weight is 308 g/mol. The van der Waals surface area contributed by atoms with E-state index in [1.165, 1.54) is 0 Å². The molecule has 2 aromatic heterocycles. The Balaban J connectivity index is 2.10. The Bertz CT molecular complexity index is 544. The van der Waals surface area contributed by atoms with E-state index in [1.54, 1.807) is 13.2 Å². The van der Waals surface area contributed by atoms with Gasteiger partial charge in [-0.2, -0.15) is 4.98 Å². The predicted octanol–water partition coefficient (Wildman–Crippen LogP) is 2.60. The maximum absolute atomic E-state index is 4.42. The van der Waals surface area contributed by atoms with Crippen LogP contribution in [0.1, 0.15) is 11.4 Å². The fourth-order valence-electron chi connectivity index (χ4n) is 1.48. The van der Waals surface area contributed by atoms with Gasteiger partial charge < -0.3 is 10.6 Å². The van der Waals surface area contributed by atoms with Crippen LogP contribution in [0.3, 0.4) is 0 Å². The molecule has 0 spiro atoms. The Kier molecular flexibility index (Phi) is 4.09. The molecule has 0 saturated heterocycles. The van der Waals surface area contributed by atoms with E-state index in [-0.39, 0.29) is 0 Å². The molecule has 0 bridgehead atoms. The molecular formula is C12H14BrN5. The lowest BCUT2D eigenvalue weighted by molar-refractivity contribution is 0.994. The highest BCUT2D eigenvalue weighted by molar-refractivity contribution is 9.10. The van der Waals surface area contributed by atoms with E-state index in [4.69, 9.17) is 0 Å². The van der Waals surface area contributed by atoms with Gasteiger partial charge in [0.1, 0.15) is 5.82 Å². The van der Waals surface area contributed by atoms with Gasteiger partial charge in [0.2, 0.25) is 5.95 Å². The van der Waals surface area contributed by atoms with E-state index < -0.39 is 0 Å². The molecule has 0 aliphatic heterocycles. The van der Waals surface area contributed by atoms with Crippen molar-refractivity contribution in [2.24, 2.45) is 0 Å². The van der Waals surface area contributed by atoms with Crippen LogP contribution in [0.2, 0.25) is 0 Å². The number of hydrogen-bond donors (Lipinski definition) is 2. The van der Waals surface area contributed by atoms with Crippen LogP contribution in [0.5, 0.6) is 0 Å². The molecule has 2 rings (SSSR count). The lowest BCUT2D eigenvalue weighted by atomic mass is 10.3. The van der Waals surface area contributed by atoms with E-state index in [1.807, 2.05) is 25.1 Å². The summed E-state index contributed by atoms with van der Waals surface area (Å²) in [5.41, 5.74) is 1.98. The van der Waals surface area contributed by atoms with Crippen molar-refractivity contribution in [2.75, 3.05) is 17.7 Å². The van der Waals surface area contributed by atoms with Crippen molar-refractivity contribution in [2.45, 2.75) is 13.5 Å². The number of rotatable bonds is 4. The van der Waals surface area contributed by atoms with Gasteiger partial charge in [-0.1, -0.05) is 6.07 Å². The van der Waals surface area contributed by atoms with E-state index in [2.05, 4.69) is 41.5 Å². The Morgan fingerprint density at radius 1 is 1.28 bits per heavy atom. The maximum Gasteiger partial charge on any atom is 0.224 e. The summed E-state index contributed by atoms with van der Waals surface area (Å²) in [5, 5.41) is 6.13. The number of pyridine rings is 1. The van der Waals surface area contributed by atoms with Crippen LogP contribution in [-0.2, 0) is 6.54 Å². The summed E-state index contributed by atoms with van der Waals surface area (Å²) in [7, 11) is 1.79. The summed E-state index contributed by atoms with van der Waals surface area (Å²) in [5.74, 6) is 1.33. The van der Waals surface area contributed by atoms with Gasteiger partial charge in [0.05, 0.1) is 16.7 Å². The molecule has 0 amide bonds. The fraction of sp³-hybridized carbons (Fsp3) is 0.250. The molecule has 18 heavy (non-hydrogen) atoms. The third-order valence-corrected chi connectivity index (χ3v) is 2.93. The highest BCUT2D eigenvalue weighted by Gasteiger charge is 2.04. The van der Waals surface area contributed by atoms with Crippen molar-refractivity contribution in [3.05, 3.63) is 40.3 Å². The molecule has 0 atom stereocenters. The average Bonchev–Trinajstić information content (AvgIpc) is 2.38. The van der Waals surface area contributed by atoms with Crippen LogP contribution in [0.4, 0.5) is 11.8 Å². The highest BCUT2D eigenvalue weighted by atomic mass is 79.9. The number of anilines is 2. The highest BCUT2D eigenvalue weighted by Crippen LogP contribution is 2.20. The van der Waals surface area contributed by atoms with Crippen LogP contribution < -0.4 is 10.6 Å². The molecule has 2 heterocycles. The first kappa shape index (κ1) is 12.8. The summed E-state index contributed by atoms with van der Waals surface area (Å²) in [6.45, 7) is 2.60. The summed E-state index contributed by atoms with van der Waals surface area (Å²) < 4.78 is 0.828. The van der Waals surface area contributed by atoms with E-state index in [0.717, 1.165) is 21.7 Å². The van der Waals surface area contributed by atoms with Gasteiger partial charge >= 0.3 is 0 Å². The third kappa shape index (κ3) is 3.16. The Morgan fingerprint density at radius 3 is 2.83 bits per heavy atom. The zero-order valence-corrected chi connectivity index (χ0v) is 11.8. The Hall–Kier alpha value is -1.69. The summed E-state index contributed by atoms with van der Waals surface area (Å²) in [6, 6.07) is 5.95.